The fraction of sp³-hybridized carbons (Fsp3) is 0.889. The van der Waals surface area contributed by atoms with Crippen LogP contribution in [-0.2, 0) is 14.3 Å². The van der Waals surface area contributed by atoms with Crippen LogP contribution in [0.4, 0.5) is 0 Å². The second-order valence-corrected chi connectivity index (χ2v) is 4.39. The van der Waals surface area contributed by atoms with Crippen molar-refractivity contribution < 1.29 is 14.3 Å². The van der Waals surface area contributed by atoms with Gasteiger partial charge >= 0.3 is 5.97 Å². The van der Waals surface area contributed by atoms with Gasteiger partial charge in [-0.1, -0.05) is 15.9 Å². The normalized spacial score (nSPS) is 21.1. The van der Waals surface area contributed by atoms with E-state index in [1.54, 1.807) is 0 Å². The molecule has 0 amide bonds. The number of carbonyl (C=O) groups excluding carboxylic acids is 1. The predicted molar refractivity (Wildman–Crippen MR) is 52.9 cm³/mol. The zero-order valence-electron chi connectivity index (χ0n) is 7.79. The molecule has 4 heteroatoms. The van der Waals surface area contributed by atoms with Gasteiger partial charge in [-0.2, -0.15) is 0 Å². The van der Waals surface area contributed by atoms with Crippen LogP contribution in [0.3, 0.4) is 0 Å². The van der Waals surface area contributed by atoms with Crippen molar-refractivity contribution >= 4 is 21.9 Å². The first kappa shape index (κ1) is 11.0. The molecule has 0 aliphatic carbocycles. The molecule has 0 bridgehead atoms. The summed E-state index contributed by atoms with van der Waals surface area (Å²) in [7, 11) is 1.42. The first-order valence-electron chi connectivity index (χ1n) is 4.53. The maximum Gasteiger partial charge on any atom is 0.319 e. The van der Waals surface area contributed by atoms with Gasteiger partial charge in [0.05, 0.1) is 7.11 Å². The summed E-state index contributed by atoms with van der Waals surface area (Å²) in [5.74, 6) is 0.420. The molecule has 1 aliphatic rings. The van der Waals surface area contributed by atoms with Gasteiger partial charge < -0.3 is 9.47 Å². The van der Waals surface area contributed by atoms with E-state index in [1.807, 2.05) is 0 Å². The van der Waals surface area contributed by atoms with E-state index in [0.29, 0.717) is 5.92 Å². The Bertz CT molecular complexity index is 166. The molecule has 0 saturated carbocycles. The monoisotopic (exact) mass is 250 g/mol. The van der Waals surface area contributed by atoms with Crippen LogP contribution in [0, 0.1) is 5.92 Å². The van der Waals surface area contributed by atoms with E-state index in [4.69, 9.17) is 4.74 Å². The third-order valence-corrected chi connectivity index (χ3v) is 3.09. The summed E-state index contributed by atoms with van der Waals surface area (Å²) < 4.78 is 9.87. The number of rotatable bonds is 3. The molecule has 1 rings (SSSR count). The highest BCUT2D eigenvalue weighted by Crippen LogP contribution is 2.23. The molecule has 13 heavy (non-hydrogen) atoms. The molecule has 0 aromatic carbocycles. The molecule has 0 aromatic rings. The van der Waals surface area contributed by atoms with E-state index in [2.05, 4.69) is 20.7 Å². The van der Waals surface area contributed by atoms with Crippen molar-refractivity contribution in [3.63, 3.8) is 0 Å². The Labute approximate surface area is 86.9 Å². The highest BCUT2D eigenvalue weighted by atomic mass is 79.9. The maximum absolute atomic E-state index is 11.1. The minimum absolute atomic E-state index is 0.152. The standard InChI is InChI=1S/C9H15BrO3/c1-12-9(11)8(10)6-7-2-4-13-5-3-7/h7-8H,2-6H2,1H3. The molecule has 1 saturated heterocycles. The average molecular weight is 251 g/mol. The quantitative estimate of drug-likeness (QED) is 0.566. The lowest BCUT2D eigenvalue weighted by molar-refractivity contribution is -0.140. The van der Waals surface area contributed by atoms with Crippen molar-refractivity contribution in [1.82, 2.24) is 0 Å². The lowest BCUT2D eigenvalue weighted by Crippen LogP contribution is -2.23. The second-order valence-electron chi connectivity index (χ2n) is 3.28. The average Bonchev–Trinajstić information content (AvgIpc) is 2.18. The number of halogens is 1. The highest BCUT2D eigenvalue weighted by molar-refractivity contribution is 9.10. The second kappa shape index (κ2) is 5.60. The predicted octanol–water partition coefficient (Wildman–Crippen LogP) is 1.74. The Balaban J connectivity index is 2.25. The van der Waals surface area contributed by atoms with Gasteiger partial charge in [-0.3, -0.25) is 4.79 Å². The number of ether oxygens (including phenoxy) is 2. The molecule has 1 unspecified atom stereocenters. The van der Waals surface area contributed by atoms with Crippen LogP contribution >= 0.6 is 15.9 Å². The third kappa shape index (κ3) is 3.65. The topological polar surface area (TPSA) is 35.5 Å². The Kier molecular flexibility index (Phi) is 4.73. The van der Waals surface area contributed by atoms with Gasteiger partial charge in [0.2, 0.25) is 0 Å². The molecule has 1 heterocycles. The van der Waals surface area contributed by atoms with E-state index < -0.39 is 0 Å². The van der Waals surface area contributed by atoms with Crippen LogP contribution in [0.25, 0.3) is 0 Å². The van der Waals surface area contributed by atoms with Gasteiger partial charge in [-0.15, -0.1) is 0 Å². The summed E-state index contributed by atoms with van der Waals surface area (Å²) in [5, 5.41) is 0. The van der Waals surface area contributed by atoms with Crippen LogP contribution in [0.15, 0.2) is 0 Å². The van der Waals surface area contributed by atoms with E-state index in [9.17, 15) is 4.79 Å². The summed E-state index contributed by atoms with van der Waals surface area (Å²) in [6.45, 7) is 1.65. The van der Waals surface area contributed by atoms with Crippen LogP contribution in [0.2, 0.25) is 0 Å². The van der Waals surface area contributed by atoms with Crippen molar-refractivity contribution in [3.8, 4) is 0 Å². The Hall–Kier alpha value is -0.0900. The van der Waals surface area contributed by atoms with Gasteiger partial charge in [-0.25, -0.2) is 0 Å². The molecule has 76 valence electrons. The van der Waals surface area contributed by atoms with Crippen molar-refractivity contribution in [1.29, 1.82) is 0 Å². The van der Waals surface area contributed by atoms with Gasteiger partial charge in [0.15, 0.2) is 0 Å². The molecular formula is C9H15BrO3. The lowest BCUT2D eigenvalue weighted by Gasteiger charge is -2.23. The zero-order chi connectivity index (χ0) is 9.68. The van der Waals surface area contributed by atoms with Gasteiger partial charge in [0.1, 0.15) is 4.83 Å². The molecule has 0 aromatic heterocycles. The van der Waals surface area contributed by atoms with Gasteiger partial charge in [0, 0.05) is 13.2 Å². The largest absolute Gasteiger partial charge is 0.468 e. The van der Waals surface area contributed by atoms with Crippen LogP contribution in [-0.4, -0.2) is 31.1 Å². The highest BCUT2D eigenvalue weighted by Gasteiger charge is 2.22. The van der Waals surface area contributed by atoms with Crippen molar-refractivity contribution in [2.45, 2.75) is 24.1 Å². The van der Waals surface area contributed by atoms with Crippen LogP contribution < -0.4 is 0 Å². The van der Waals surface area contributed by atoms with Crippen molar-refractivity contribution in [2.24, 2.45) is 5.92 Å². The smallest absolute Gasteiger partial charge is 0.319 e. The van der Waals surface area contributed by atoms with Crippen LogP contribution in [0.5, 0.6) is 0 Å². The summed E-state index contributed by atoms with van der Waals surface area (Å²) in [5.41, 5.74) is 0. The summed E-state index contributed by atoms with van der Waals surface area (Å²) in [6, 6.07) is 0. The summed E-state index contributed by atoms with van der Waals surface area (Å²) in [4.78, 5) is 10.9. The molecular weight excluding hydrogens is 236 g/mol. The molecule has 1 atom stereocenters. The van der Waals surface area contributed by atoms with E-state index in [-0.39, 0.29) is 10.8 Å². The fourth-order valence-electron chi connectivity index (χ4n) is 1.50. The minimum atomic E-state index is -0.175. The maximum atomic E-state index is 11.1. The van der Waals surface area contributed by atoms with Crippen molar-refractivity contribution in [3.05, 3.63) is 0 Å². The lowest BCUT2D eigenvalue weighted by atomic mass is 9.95. The van der Waals surface area contributed by atoms with Gasteiger partial charge in [-0.05, 0) is 25.2 Å². The third-order valence-electron chi connectivity index (χ3n) is 2.34. The zero-order valence-corrected chi connectivity index (χ0v) is 9.38. The molecule has 1 aliphatic heterocycles. The summed E-state index contributed by atoms with van der Waals surface area (Å²) in [6.07, 6.45) is 2.97. The first-order valence-corrected chi connectivity index (χ1v) is 5.45. The minimum Gasteiger partial charge on any atom is -0.468 e. The van der Waals surface area contributed by atoms with Crippen LogP contribution in [0.1, 0.15) is 19.3 Å². The SMILES string of the molecule is COC(=O)C(Br)CC1CCOCC1. The molecule has 0 radical (unpaired) electrons. The number of esters is 1. The number of hydrogen-bond acceptors (Lipinski definition) is 3. The molecule has 3 nitrogen and oxygen atoms in total. The Morgan fingerprint density at radius 2 is 2.23 bits per heavy atom. The number of alkyl halides is 1. The van der Waals surface area contributed by atoms with E-state index >= 15 is 0 Å². The fourth-order valence-corrected chi connectivity index (χ4v) is 2.21. The molecule has 1 fully saturated rings. The molecule has 0 spiro atoms. The van der Waals surface area contributed by atoms with E-state index in [0.717, 1.165) is 32.5 Å². The van der Waals surface area contributed by atoms with Gasteiger partial charge in [0.25, 0.3) is 0 Å². The number of methoxy groups -OCH3 is 1. The Morgan fingerprint density at radius 3 is 2.77 bits per heavy atom. The van der Waals surface area contributed by atoms with E-state index in [1.165, 1.54) is 7.11 Å². The molecule has 0 N–H and O–H groups in total. The van der Waals surface area contributed by atoms with Crippen molar-refractivity contribution in [2.75, 3.05) is 20.3 Å². The summed E-state index contributed by atoms with van der Waals surface area (Å²) >= 11 is 3.32. The number of carbonyl (C=O) groups is 1. The number of hydrogen-bond donors (Lipinski definition) is 0. The first-order chi connectivity index (χ1) is 6.24. The Morgan fingerprint density at radius 1 is 1.62 bits per heavy atom.